The lowest BCUT2D eigenvalue weighted by Crippen LogP contribution is -2.37. The molecule has 152 valence electrons. The molecule has 2 aromatic rings. The Bertz CT molecular complexity index is 887. The van der Waals surface area contributed by atoms with Crippen molar-refractivity contribution in [3.05, 3.63) is 59.9 Å². The molecule has 0 aliphatic heterocycles. The van der Waals surface area contributed by atoms with Gasteiger partial charge in [0, 0.05) is 20.2 Å². The monoisotopic (exact) mass is 410 g/mol. The molecular formula is C19H23FN2O5S. The van der Waals surface area contributed by atoms with Crippen LogP contribution in [0.1, 0.15) is 12.5 Å². The van der Waals surface area contributed by atoms with Gasteiger partial charge in [0.25, 0.3) is 0 Å². The van der Waals surface area contributed by atoms with Gasteiger partial charge in [-0.1, -0.05) is 24.3 Å². The fourth-order valence-corrected chi connectivity index (χ4v) is 2.81. The number of nitrogens with one attached hydrogen (secondary N) is 1. The normalized spacial score (nSPS) is 11.1. The summed E-state index contributed by atoms with van der Waals surface area (Å²) < 4.78 is 46.8. The lowest BCUT2D eigenvalue weighted by molar-refractivity contribution is 0.153. The molecule has 2 rings (SSSR count). The Labute approximate surface area is 164 Å². The lowest BCUT2D eigenvalue weighted by Gasteiger charge is -2.23. The Balaban J connectivity index is 2.08. The Morgan fingerprint density at radius 3 is 2.43 bits per heavy atom. The van der Waals surface area contributed by atoms with Crippen molar-refractivity contribution in [3.63, 3.8) is 0 Å². The van der Waals surface area contributed by atoms with Crippen LogP contribution in [0.5, 0.6) is 5.75 Å². The second-order valence-electron chi connectivity index (χ2n) is 5.90. The number of benzene rings is 2. The first-order valence-corrected chi connectivity index (χ1v) is 10.2. The van der Waals surface area contributed by atoms with Crippen LogP contribution in [0.3, 0.4) is 0 Å². The summed E-state index contributed by atoms with van der Waals surface area (Å²) in [5, 5.41) is 2.54. The second-order valence-corrected chi connectivity index (χ2v) is 7.76. The maximum Gasteiger partial charge on any atom is 0.322 e. The fraction of sp³-hybridized carbons (Fsp3) is 0.316. The first-order chi connectivity index (χ1) is 13.3. The van der Waals surface area contributed by atoms with Gasteiger partial charge < -0.3 is 19.1 Å². The second kappa shape index (κ2) is 10.0. The molecule has 0 aliphatic carbocycles. The summed E-state index contributed by atoms with van der Waals surface area (Å²) in [7, 11) is -2.08. The van der Waals surface area contributed by atoms with Crippen molar-refractivity contribution in [2.45, 2.75) is 13.5 Å². The van der Waals surface area contributed by atoms with Crippen LogP contribution in [0, 0.1) is 5.82 Å². The van der Waals surface area contributed by atoms with Crippen LogP contribution in [-0.4, -0.2) is 45.4 Å². The maximum absolute atomic E-state index is 13.8. The van der Waals surface area contributed by atoms with Crippen LogP contribution in [0.4, 0.5) is 14.9 Å². The third-order valence-electron chi connectivity index (χ3n) is 3.84. The number of urea groups is 1. The van der Waals surface area contributed by atoms with E-state index in [4.69, 9.17) is 8.92 Å². The highest BCUT2D eigenvalue weighted by Gasteiger charge is 2.16. The smallest absolute Gasteiger partial charge is 0.322 e. The molecule has 7 nitrogen and oxygen atoms in total. The molecule has 28 heavy (non-hydrogen) atoms. The third kappa shape index (κ3) is 6.50. The summed E-state index contributed by atoms with van der Waals surface area (Å²) in [5.74, 6) is -0.457. The van der Waals surface area contributed by atoms with E-state index >= 15 is 0 Å². The number of amides is 2. The van der Waals surface area contributed by atoms with Gasteiger partial charge in [-0.25, -0.2) is 9.18 Å². The zero-order valence-corrected chi connectivity index (χ0v) is 16.5. The van der Waals surface area contributed by atoms with Crippen LogP contribution >= 0.6 is 0 Å². The van der Waals surface area contributed by atoms with E-state index in [0.29, 0.717) is 13.2 Å². The highest BCUT2D eigenvalue weighted by atomic mass is 32.2. The average molecular weight is 410 g/mol. The van der Waals surface area contributed by atoms with Crippen molar-refractivity contribution in [3.8, 4) is 5.75 Å². The summed E-state index contributed by atoms with van der Waals surface area (Å²) in [6.07, 6.45) is 0. The molecule has 0 saturated carbocycles. The summed E-state index contributed by atoms with van der Waals surface area (Å²) in [6.45, 7) is 2.32. The highest BCUT2D eigenvalue weighted by Crippen LogP contribution is 2.17. The van der Waals surface area contributed by atoms with E-state index in [0.717, 1.165) is 5.56 Å². The molecule has 0 fully saturated rings. The number of para-hydroxylation sites is 1. The van der Waals surface area contributed by atoms with Gasteiger partial charge in [0.05, 0.1) is 18.0 Å². The quantitative estimate of drug-likeness (QED) is 0.642. The number of nitrogens with zero attached hydrogens (tertiary/aromatic N) is 1. The summed E-state index contributed by atoms with van der Waals surface area (Å²) in [4.78, 5) is 14.0. The Kier molecular flexibility index (Phi) is 7.77. The lowest BCUT2D eigenvalue weighted by atomic mass is 10.2. The van der Waals surface area contributed by atoms with Gasteiger partial charge in [-0.3, -0.25) is 0 Å². The van der Waals surface area contributed by atoms with Crippen molar-refractivity contribution >= 4 is 21.8 Å². The summed E-state index contributed by atoms with van der Waals surface area (Å²) >= 11 is 0. The molecule has 0 aliphatic rings. The summed E-state index contributed by atoms with van der Waals surface area (Å²) in [5.41, 5.74) is 0.837. The number of halogens is 1. The topological polar surface area (TPSA) is 84.9 Å². The van der Waals surface area contributed by atoms with Gasteiger partial charge in [0.1, 0.15) is 11.6 Å². The van der Waals surface area contributed by atoms with Crippen molar-refractivity contribution in [1.29, 1.82) is 0 Å². The SMILES string of the molecule is CCS(=O)(=O)Oc1ccc(CN(CCOC)C(=O)Nc2ccccc2F)cc1. The number of hydrogen-bond donors (Lipinski definition) is 1. The molecule has 0 saturated heterocycles. The number of ether oxygens (including phenoxy) is 1. The first-order valence-electron chi connectivity index (χ1n) is 8.65. The number of anilines is 1. The van der Waals surface area contributed by atoms with Crippen molar-refractivity contribution < 1.29 is 26.5 Å². The standard InChI is InChI=1S/C19H23FN2O5S/c1-3-28(24,25)27-16-10-8-15(9-11-16)14-22(12-13-26-2)19(23)21-18-7-5-4-6-17(18)20/h4-11H,3,12-14H2,1-2H3,(H,21,23). The van der Waals surface area contributed by atoms with E-state index in [1.54, 1.807) is 18.2 Å². The van der Waals surface area contributed by atoms with E-state index in [2.05, 4.69) is 5.32 Å². The van der Waals surface area contributed by atoms with E-state index in [1.165, 1.54) is 49.3 Å². The van der Waals surface area contributed by atoms with Gasteiger partial charge in [-0.05, 0) is 36.8 Å². The number of carbonyl (C=O) groups excluding carboxylic acids is 1. The third-order valence-corrected chi connectivity index (χ3v) is 5.00. The average Bonchev–Trinajstić information content (AvgIpc) is 2.68. The highest BCUT2D eigenvalue weighted by molar-refractivity contribution is 7.87. The van der Waals surface area contributed by atoms with Crippen LogP contribution in [0.2, 0.25) is 0 Å². The summed E-state index contributed by atoms with van der Waals surface area (Å²) in [6, 6.07) is 11.8. The molecule has 1 N–H and O–H groups in total. The minimum absolute atomic E-state index is 0.0865. The van der Waals surface area contributed by atoms with E-state index in [1.807, 2.05) is 0 Å². The van der Waals surface area contributed by atoms with Gasteiger partial charge in [-0.15, -0.1) is 0 Å². The van der Waals surface area contributed by atoms with Crippen LogP contribution < -0.4 is 9.50 Å². The molecular weight excluding hydrogens is 387 g/mol. The zero-order chi connectivity index (χ0) is 20.6. The largest absolute Gasteiger partial charge is 0.383 e. The van der Waals surface area contributed by atoms with E-state index in [-0.39, 0.29) is 23.7 Å². The van der Waals surface area contributed by atoms with Crippen LogP contribution in [-0.2, 0) is 21.4 Å². The molecule has 0 spiro atoms. The van der Waals surface area contributed by atoms with Gasteiger partial charge in [0.15, 0.2) is 0 Å². The van der Waals surface area contributed by atoms with Gasteiger partial charge >= 0.3 is 16.1 Å². The minimum Gasteiger partial charge on any atom is -0.383 e. The fourth-order valence-electron chi connectivity index (χ4n) is 2.29. The molecule has 0 bridgehead atoms. The Morgan fingerprint density at radius 2 is 1.82 bits per heavy atom. The van der Waals surface area contributed by atoms with Crippen LogP contribution in [0.25, 0.3) is 0 Å². The maximum atomic E-state index is 13.8. The van der Waals surface area contributed by atoms with Crippen molar-refractivity contribution in [2.24, 2.45) is 0 Å². The number of rotatable bonds is 9. The predicted molar refractivity (Wildman–Crippen MR) is 104 cm³/mol. The molecule has 0 heterocycles. The van der Waals surface area contributed by atoms with Gasteiger partial charge in [0.2, 0.25) is 0 Å². The number of hydrogen-bond acceptors (Lipinski definition) is 5. The number of carbonyl (C=O) groups is 1. The zero-order valence-electron chi connectivity index (χ0n) is 15.7. The minimum atomic E-state index is -3.60. The molecule has 0 aromatic heterocycles. The molecule has 2 amide bonds. The van der Waals surface area contributed by atoms with E-state index < -0.39 is 22.0 Å². The van der Waals surface area contributed by atoms with Crippen molar-refractivity contribution in [1.82, 2.24) is 4.90 Å². The van der Waals surface area contributed by atoms with Crippen molar-refractivity contribution in [2.75, 3.05) is 31.3 Å². The predicted octanol–water partition coefficient (Wildman–Crippen LogP) is 3.23. The van der Waals surface area contributed by atoms with Gasteiger partial charge in [-0.2, -0.15) is 8.42 Å². The molecule has 0 unspecified atom stereocenters. The van der Waals surface area contributed by atoms with Crippen LogP contribution in [0.15, 0.2) is 48.5 Å². The Morgan fingerprint density at radius 1 is 1.14 bits per heavy atom. The molecule has 2 aromatic carbocycles. The molecule has 0 atom stereocenters. The molecule has 9 heteroatoms. The van der Waals surface area contributed by atoms with E-state index in [9.17, 15) is 17.6 Å². The molecule has 0 radical (unpaired) electrons. The number of methoxy groups -OCH3 is 1. The first kappa shape index (κ1) is 21.6. The Hall–Kier alpha value is -2.65.